The van der Waals surface area contributed by atoms with E-state index in [1.54, 1.807) is 12.5 Å². The number of alkyl carbamates (subject to hydrolysis) is 1. The van der Waals surface area contributed by atoms with Gasteiger partial charge in [0.1, 0.15) is 12.6 Å². The maximum atomic E-state index is 12.5. The van der Waals surface area contributed by atoms with Gasteiger partial charge in [-0.05, 0) is 36.1 Å². The first-order valence-corrected chi connectivity index (χ1v) is 10.3. The first kappa shape index (κ1) is 20.7. The van der Waals surface area contributed by atoms with E-state index in [9.17, 15) is 14.7 Å². The Labute approximate surface area is 180 Å². The van der Waals surface area contributed by atoms with Gasteiger partial charge in [0.15, 0.2) is 0 Å². The molecule has 1 aromatic heterocycles. The minimum atomic E-state index is -1.12. The fourth-order valence-electron chi connectivity index (χ4n) is 4.15. The van der Waals surface area contributed by atoms with E-state index in [-0.39, 0.29) is 25.0 Å². The third-order valence-electron chi connectivity index (χ3n) is 5.65. The van der Waals surface area contributed by atoms with Gasteiger partial charge in [0.05, 0.1) is 6.33 Å². The van der Waals surface area contributed by atoms with Crippen LogP contribution in [0.2, 0.25) is 0 Å². The minimum Gasteiger partial charge on any atom is -0.480 e. The van der Waals surface area contributed by atoms with Gasteiger partial charge >= 0.3 is 12.1 Å². The summed E-state index contributed by atoms with van der Waals surface area (Å²) in [7, 11) is 0. The van der Waals surface area contributed by atoms with Gasteiger partial charge in [0.2, 0.25) is 0 Å². The number of carbonyl (C=O) groups excluding carboxylic acids is 1. The number of carbonyl (C=O) groups is 2. The van der Waals surface area contributed by atoms with E-state index in [1.165, 1.54) is 0 Å². The quantitative estimate of drug-likeness (QED) is 0.604. The number of ether oxygens (including phenoxy) is 1. The van der Waals surface area contributed by atoms with Crippen LogP contribution in [-0.2, 0) is 16.0 Å². The number of nitrogens with one attached hydrogen (secondary N) is 1. The number of rotatable bonds is 7. The van der Waals surface area contributed by atoms with Crippen LogP contribution < -0.4 is 5.32 Å². The normalized spacial score (nSPS) is 13.5. The maximum Gasteiger partial charge on any atom is 0.407 e. The van der Waals surface area contributed by atoms with E-state index < -0.39 is 18.1 Å². The summed E-state index contributed by atoms with van der Waals surface area (Å²) >= 11 is 0. The number of fused-ring (bicyclic) bond motifs is 3. The molecule has 7 heteroatoms. The molecule has 7 nitrogen and oxygen atoms in total. The Bertz CT molecular complexity index is 1060. The van der Waals surface area contributed by atoms with E-state index >= 15 is 0 Å². The van der Waals surface area contributed by atoms with Crippen LogP contribution in [0.4, 0.5) is 4.79 Å². The summed E-state index contributed by atoms with van der Waals surface area (Å²) in [4.78, 5) is 28.3. The van der Waals surface area contributed by atoms with Crippen molar-refractivity contribution in [2.24, 2.45) is 0 Å². The van der Waals surface area contributed by atoms with Crippen molar-refractivity contribution in [1.29, 1.82) is 0 Å². The Morgan fingerprint density at radius 3 is 2.29 bits per heavy atom. The number of nitrogens with zero attached hydrogens (tertiary/aromatic N) is 2. The predicted octanol–water partition coefficient (Wildman–Crippen LogP) is 4.00. The summed E-state index contributed by atoms with van der Waals surface area (Å²) in [5.74, 6) is -1.20. The van der Waals surface area contributed by atoms with Crippen molar-refractivity contribution in [1.82, 2.24) is 14.9 Å². The Morgan fingerprint density at radius 1 is 1.10 bits per heavy atom. The highest BCUT2D eigenvalue weighted by Crippen LogP contribution is 2.44. The van der Waals surface area contributed by atoms with Crippen molar-refractivity contribution in [3.63, 3.8) is 0 Å². The first-order chi connectivity index (χ1) is 15.0. The monoisotopic (exact) mass is 419 g/mol. The third kappa shape index (κ3) is 4.17. The largest absolute Gasteiger partial charge is 0.480 e. The average molecular weight is 419 g/mol. The van der Waals surface area contributed by atoms with Gasteiger partial charge in [-0.2, -0.15) is 0 Å². The van der Waals surface area contributed by atoms with Crippen molar-refractivity contribution in [2.45, 2.75) is 38.3 Å². The van der Waals surface area contributed by atoms with E-state index in [1.807, 2.05) is 54.8 Å². The number of hydrogen-bond donors (Lipinski definition) is 2. The second-order valence-corrected chi connectivity index (χ2v) is 7.95. The van der Waals surface area contributed by atoms with Crippen molar-refractivity contribution in [3.05, 3.63) is 77.9 Å². The molecule has 2 N–H and O–H groups in total. The molecule has 0 bridgehead atoms. The van der Waals surface area contributed by atoms with Crippen molar-refractivity contribution >= 4 is 12.1 Å². The molecule has 1 unspecified atom stereocenters. The summed E-state index contributed by atoms with van der Waals surface area (Å²) in [6.07, 6.45) is 2.66. The molecule has 1 amide bonds. The number of carboxylic acid groups (broad SMARTS) is 1. The first-order valence-electron chi connectivity index (χ1n) is 10.3. The van der Waals surface area contributed by atoms with Crippen LogP contribution >= 0.6 is 0 Å². The Balaban J connectivity index is 1.44. The molecule has 0 aliphatic heterocycles. The Morgan fingerprint density at radius 2 is 1.71 bits per heavy atom. The van der Waals surface area contributed by atoms with E-state index in [4.69, 9.17) is 4.74 Å². The second kappa shape index (κ2) is 8.63. The zero-order chi connectivity index (χ0) is 22.0. The van der Waals surface area contributed by atoms with Crippen LogP contribution in [0.25, 0.3) is 11.1 Å². The lowest BCUT2D eigenvalue weighted by Crippen LogP contribution is -2.43. The molecule has 0 saturated heterocycles. The molecular formula is C24H25N3O4. The standard InChI is InChI=1S/C24H25N3O4/c1-15(2)27-14-25-12-16(27)11-22(23(28)29)26-24(30)31-13-21-19-9-5-3-7-17(19)18-8-4-6-10-20(18)21/h3-10,12,14-15,21-22H,11,13H2,1-2H3,(H,26,30)(H,28,29). The van der Waals surface area contributed by atoms with Gasteiger partial charge in [-0.25, -0.2) is 14.6 Å². The molecule has 0 fully saturated rings. The topological polar surface area (TPSA) is 93.5 Å². The smallest absolute Gasteiger partial charge is 0.407 e. The maximum absolute atomic E-state index is 12.5. The summed E-state index contributed by atoms with van der Waals surface area (Å²) in [6, 6.07) is 15.1. The Hall–Kier alpha value is -3.61. The second-order valence-electron chi connectivity index (χ2n) is 7.95. The lowest BCUT2D eigenvalue weighted by Gasteiger charge is -2.18. The highest BCUT2D eigenvalue weighted by atomic mass is 16.5. The Kier molecular flexibility index (Phi) is 5.75. The molecule has 0 radical (unpaired) electrons. The van der Waals surface area contributed by atoms with Crippen LogP contribution in [0.5, 0.6) is 0 Å². The predicted molar refractivity (Wildman–Crippen MR) is 116 cm³/mol. The summed E-state index contributed by atoms with van der Waals surface area (Å²) in [5.41, 5.74) is 5.22. The van der Waals surface area contributed by atoms with Crippen molar-refractivity contribution in [3.8, 4) is 11.1 Å². The third-order valence-corrected chi connectivity index (χ3v) is 5.65. The fourth-order valence-corrected chi connectivity index (χ4v) is 4.15. The lowest BCUT2D eigenvalue weighted by atomic mass is 9.98. The molecule has 31 heavy (non-hydrogen) atoms. The molecule has 1 atom stereocenters. The molecule has 1 aliphatic rings. The zero-order valence-corrected chi connectivity index (χ0v) is 17.5. The van der Waals surface area contributed by atoms with Gasteiger partial charge in [0.25, 0.3) is 0 Å². The van der Waals surface area contributed by atoms with E-state index in [2.05, 4.69) is 22.4 Å². The molecule has 1 heterocycles. The van der Waals surface area contributed by atoms with Crippen molar-refractivity contribution in [2.75, 3.05) is 6.61 Å². The van der Waals surface area contributed by atoms with Gasteiger partial charge in [0, 0.05) is 30.3 Å². The number of aromatic nitrogens is 2. The van der Waals surface area contributed by atoms with E-state index in [0.717, 1.165) is 27.9 Å². The molecule has 1 aliphatic carbocycles. The van der Waals surface area contributed by atoms with Crippen LogP contribution in [-0.4, -0.2) is 39.4 Å². The summed E-state index contributed by atoms with van der Waals surface area (Å²) in [5, 5.41) is 12.1. The highest BCUT2D eigenvalue weighted by Gasteiger charge is 2.30. The van der Waals surface area contributed by atoms with Crippen LogP contribution in [0.1, 0.15) is 42.6 Å². The van der Waals surface area contributed by atoms with Crippen LogP contribution in [0.3, 0.4) is 0 Å². The molecule has 3 aromatic rings. The van der Waals surface area contributed by atoms with Gasteiger partial charge in [-0.3, -0.25) is 0 Å². The fraction of sp³-hybridized carbons (Fsp3) is 0.292. The molecular weight excluding hydrogens is 394 g/mol. The number of aliphatic carboxylic acids is 1. The number of benzene rings is 2. The SMILES string of the molecule is CC(C)n1cncc1CC(NC(=O)OCC1c2ccccc2-c2ccccc21)C(=O)O. The summed E-state index contributed by atoms with van der Waals surface area (Å²) in [6.45, 7) is 4.11. The molecule has 0 spiro atoms. The number of amides is 1. The van der Waals surface area contributed by atoms with Gasteiger partial charge in [-0.1, -0.05) is 48.5 Å². The molecule has 160 valence electrons. The molecule has 4 rings (SSSR count). The minimum absolute atomic E-state index is 0.0798. The van der Waals surface area contributed by atoms with E-state index in [0.29, 0.717) is 0 Å². The van der Waals surface area contributed by atoms with Gasteiger partial charge < -0.3 is 19.7 Å². The van der Waals surface area contributed by atoms with Crippen LogP contribution in [0, 0.1) is 0 Å². The average Bonchev–Trinajstić information content (AvgIpc) is 3.34. The highest BCUT2D eigenvalue weighted by molar-refractivity contribution is 5.81. The number of hydrogen-bond acceptors (Lipinski definition) is 4. The summed E-state index contributed by atoms with van der Waals surface area (Å²) < 4.78 is 7.37. The van der Waals surface area contributed by atoms with Crippen LogP contribution in [0.15, 0.2) is 61.1 Å². The molecule has 0 saturated carbocycles. The number of carboxylic acids is 1. The van der Waals surface area contributed by atoms with Gasteiger partial charge in [-0.15, -0.1) is 0 Å². The lowest BCUT2D eigenvalue weighted by molar-refractivity contribution is -0.139. The number of imidazole rings is 1. The molecule has 2 aromatic carbocycles. The van der Waals surface area contributed by atoms with Crippen molar-refractivity contribution < 1.29 is 19.4 Å². The zero-order valence-electron chi connectivity index (χ0n) is 17.5.